The summed E-state index contributed by atoms with van der Waals surface area (Å²) in [5.74, 6) is -0.517. The van der Waals surface area contributed by atoms with Gasteiger partial charge in [-0.1, -0.05) is 23.2 Å². The second-order valence-corrected chi connectivity index (χ2v) is 4.32. The van der Waals surface area contributed by atoms with E-state index in [1.807, 2.05) is 0 Å². The second kappa shape index (κ2) is 3.96. The van der Waals surface area contributed by atoms with Gasteiger partial charge in [0.25, 0.3) is 0 Å². The zero-order chi connectivity index (χ0) is 12.8. The van der Waals surface area contributed by atoms with E-state index in [4.69, 9.17) is 23.2 Å². The van der Waals surface area contributed by atoms with E-state index in [2.05, 4.69) is 0 Å². The van der Waals surface area contributed by atoms with Crippen LogP contribution in [0.25, 0.3) is 10.8 Å². The van der Waals surface area contributed by atoms with Crippen molar-refractivity contribution in [3.05, 3.63) is 39.9 Å². The van der Waals surface area contributed by atoms with Crippen LogP contribution in [0.2, 0.25) is 10.0 Å². The Balaban J connectivity index is 2.82. The number of alkyl halides is 3. The summed E-state index contributed by atoms with van der Waals surface area (Å²) in [7, 11) is 0. The lowest BCUT2D eigenvalue weighted by Gasteiger charge is -2.10. The molecular weight excluding hydrogens is 276 g/mol. The molecule has 17 heavy (non-hydrogen) atoms. The first-order valence-electron chi connectivity index (χ1n) is 4.48. The minimum absolute atomic E-state index is 0.110. The lowest BCUT2D eigenvalue weighted by atomic mass is 10.1. The molecule has 0 saturated heterocycles. The van der Waals surface area contributed by atoms with E-state index in [1.165, 1.54) is 12.1 Å². The minimum atomic E-state index is -4.53. The van der Waals surface area contributed by atoms with Gasteiger partial charge in [-0.05, 0) is 29.7 Å². The molecule has 2 rings (SSSR count). The van der Waals surface area contributed by atoms with Crippen LogP contribution in [0, 0.1) is 0 Å². The standard InChI is InChI=1S/C11H5Cl2F3O/c12-7-2-5-1-6(11(14,15)16)3-9(17)10(5)8(13)4-7/h1-4,17H. The molecule has 0 heterocycles. The fourth-order valence-corrected chi connectivity index (χ4v) is 2.18. The molecule has 0 bridgehead atoms. The molecule has 0 aliphatic carbocycles. The highest BCUT2D eigenvalue weighted by molar-refractivity contribution is 6.39. The Morgan fingerprint density at radius 1 is 1.00 bits per heavy atom. The third-order valence-corrected chi connectivity index (χ3v) is 2.79. The lowest BCUT2D eigenvalue weighted by molar-refractivity contribution is -0.137. The van der Waals surface area contributed by atoms with Crippen LogP contribution >= 0.6 is 23.2 Å². The smallest absolute Gasteiger partial charge is 0.416 e. The van der Waals surface area contributed by atoms with E-state index in [9.17, 15) is 18.3 Å². The maximum absolute atomic E-state index is 12.5. The highest BCUT2D eigenvalue weighted by Crippen LogP contribution is 2.39. The van der Waals surface area contributed by atoms with Crippen LogP contribution in [0.5, 0.6) is 5.75 Å². The molecule has 0 saturated carbocycles. The summed E-state index contributed by atoms with van der Waals surface area (Å²) in [6.07, 6.45) is -4.53. The van der Waals surface area contributed by atoms with Crippen molar-refractivity contribution in [2.45, 2.75) is 6.18 Å². The van der Waals surface area contributed by atoms with Gasteiger partial charge in [0, 0.05) is 10.4 Å². The molecule has 1 N–H and O–H groups in total. The average Bonchev–Trinajstić information content (AvgIpc) is 2.13. The molecule has 0 radical (unpaired) electrons. The summed E-state index contributed by atoms with van der Waals surface area (Å²) in [6, 6.07) is 4.21. The molecule has 2 aromatic carbocycles. The fraction of sp³-hybridized carbons (Fsp3) is 0.0909. The highest BCUT2D eigenvalue weighted by atomic mass is 35.5. The number of benzene rings is 2. The highest BCUT2D eigenvalue weighted by Gasteiger charge is 2.31. The maximum Gasteiger partial charge on any atom is 0.416 e. The van der Waals surface area contributed by atoms with Gasteiger partial charge < -0.3 is 5.11 Å². The molecule has 0 unspecified atom stereocenters. The number of fused-ring (bicyclic) bond motifs is 1. The second-order valence-electron chi connectivity index (χ2n) is 3.48. The zero-order valence-corrected chi connectivity index (χ0v) is 9.66. The molecule has 1 nitrogen and oxygen atoms in total. The van der Waals surface area contributed by atoms with Gasteiger partial charge in [0.2, 0.25) is 0 Å². The van der Waals surface area contributed by atoms with E-state index >= 15 is 0 Å². The Bertz CT molecular complexity index is 593. The summed E-state index contributed by atoms with van der Waals surface area (Å²) >= 11 is 11.5. The predicted molar refractivity (Wildman–Crippen MR) is 60.6 cm³/mol. The monoisotopic (exact) mass is 280 g/mol. The van der Waals surface area contributed by atoms with Gasteiger partial charge in [-0.25, -0.2) is 0 Å². The largest absolute Gasteiger partial charge is 0.507 e. The Hall–Kier alpha value is -1.13. The van der Waals surface area contributed by atoms with E-state index in [0.29, 0.717) is 6.07 Å². The molecule has 0 spiro atoms. The summed E-state index contributed by atoms with van der Waals surface area (Å²) in [6.45, 7) is 0. The van der Waals surface area contributed by atoms with Crippen molar-refractivity contribution in [1.29, 1.82) is 0 Å². The Morgan fingerprint density at radius 2 is 1.65 bits per heavy atom. The summed E-state index contributed by atoms with van der Waals surface area (Å²) in [4.78, 5) is 0. The van der Waals surface area contributed by atoms with Crippen LogP contribution in [0.1, 0.15) is 5.56 Å². The maximum atomic E-state index is 12.5. The first kappa shape index (κ1) is 12.3. The Morgan fingerprint density at radius 3 is 2.24 bits per heavy atom. The summed E-state index contributed by atoms with van der Waals surface area (Å²) in [5, 5.41) is 10.2. The van der Waals surface area contributed by atoms with E-state index < -0.39 is 17.5 Å². The number of rotatable bonds is 0. The zero-order valence-electron chi connectivity index (χ0n) is 8.15. The normalized spacial score (nSPS) is 12.1. The van der Waals surface area contributed by atoms with Crippen molar-refractivity contribution in [1.82, 2.24) is 0 Å². The first-order valence-corrected chi connectivity index (χ1v) is 5.23. The van der Waals surface area contributed by atoms with Crippen molar-refractivity contribution in [2.24, 2.45) is 0 Å². The molecule has 0 aromatic heterocycles. The van der Waals surface area contributed by atoms with Crippen LogP contribution in [-0.4, -0.2) is 5.11 Å². The number of aromatic hydroxyl groups is 1. The molecule has 90 valence electrons. The molecule has 0 fully saturated rings. The Kier molecular flexibility index (Phi) is 2.87. The van der Waals surface area contributed by atoms with E-state index in [-0.39, 0.29) is 20.8 Å². The molecule has 0 atom stereocenters. The lowest BCUT2D eigenvalue weighted by Crippen LogP contribution is -2.04. The third kappa shape index (κ3) is 2.28. The topological polar surface area (TPSA) is 20.2 Å². The minimum Gasteiger partial charge on any atom is -0.507 e. The number of hydrogen-bond donors (Lipinski definition) is 1. The fourth-order valence-electron chi connectivity index (χ4n) is 1.57. The van der Waals surface area contributed by atoms with Crippen molar-refractivity contribution >= 4 is 34.0 Å². The van der Waals surface area contributed by atoms with Crippen LogP contribution < -0.4 is 0 Å². The van der Waals surface area contributed by atoms with Crippen molar-refractivity contribution in [2.75, 3.05) is 0 Å². The van der Waals surface area contributed by atoms with Gasteiger partial charge in [-0.15, -0.1) is 0 Å². The van der Waals surface area contributed by atoms with Gasteiger partial charge >= 0.3 is 6.18 Å². The molecule has 2 aromatic rings. The number of phenols is 1. The number of hydrogen-bond acceptors (Lipinski definition) is 1. The van der Waals surface area contributed by atoms with Gasteiger partial charge in [0.1, 0.15) is 5.75 Å². The third-order valence-electron chi connectivity index (χ3n) is 2.27. The summed E-state index contributed by atoms with van der Waals surface area (Å²) < 4.78 is 37.6. The van der Waals surface area contributed by atoms with Crippen LogP contribution in [-0.2, 0) is 6.18 Å². The van der Waals surface area contributed by atoms with E-state index in [0.717, 1.165) is 6.07 Å². The van der Waals surface area contributed by atoms with Crippen molar-refractivity contribution in [3.8, 4) is 5.75 Å². The van der Waals surface area contributed by atoms with Gasteiger partial charge in [-0.2, -0.15) is 13.2 Å². The van der Waals surface area contributed by atoms with Gasteiger partial charge in [0.15, 0.2) is 0 Å². The SMILES string of the molecule is Oc1cc(C(F)(F)F)cc2cc(Cl)cc(Cl)c12. The Labute approximate surface area is 104 Å². The quantitative estimate of drug-likeness (QED) is 0.730. The van der Waals surface area contributed by atoms with Crippen LogP contribution in [0.15, 0.2) is 24.3 Å². The van der Waals surface area contributed by atoms with Gasteiger partial charge in [-0.3, -0.25) is 0 Å². The van der Waals surface area contributed by atoms with E-state index in [1.54, 1.807) is 0 Å². The van der Waals surface area contributed by atoms with Crippen molar-refractivity contribution < 1.29 is 18.3 Å². The summed E-state index contributed by atoms with van der Waals surface area (Å²) in [5.41, 5.74) is -0.944. The molecular formula is C11H5Cl2F3O. The van der Waals surface area contributed by atoms with Crippen LogP contribution in [0.4, 0.5) is 13.2 Å². The number of phenolic OH excluding ortho intramolecular Hbond substituents is 1. The first-order chi connectivity index (χ1) is 7.79. The molecule has 0 aliphatic heterocycles. The predicted octanol–water partition coefficient (Wildman–Crippen LogP) is 4.87. The van der Waals surface area contributed by atoms with Gasteiger partial charge in [0.05, 0.1) is 10.6 Å². The molecule has 6 heteroatoms. The number of halogens is 5. The van der Waals surface area contributed by atoms with Crippen molar-refractivity contribution in [3.63, 3.8) is 0 Å². The molecule has 0 amide bonds. The average molecular weight is 281 g/mol. The molecule has 0 aliphatic rings. The van der Waals surface area contributed by atoms with Crippen LogP contribution in [0.3, 0.4) is 0 Å².